The Labute approximate surface area is 157 Å². The third kappa shape index (κ3) is 3.33. The van der Waals surface area contributed by atoms with Crippen LogP contribution in [0.1, 0.15) is 56.6 Å². The molecule has 0 saturated carbocycles. The summed E-state index contributed by atoms with van der Waals surface area (Å²) >= 11 is 0. The molecule has 0 aromatic heterocycles. The molecule has 3 atom stereocenters. The topological polar surface area (TPSA) is 54.4 Å². The number of aliphatic hydroxyl groups is 1. The monoisotopic (exact) mass is 372 g/mol. The van der Waals surface area contributed by atoms with Gasteiger partial charge in [0.25, 0.3) is 0 Å². The molecule has 3 rings (SSSR count). The van der Waals surface area contributed by atoms with Gasteiger partial charge in [-0.3, -0.25) is 0 Å². The maximum absolute atomic E-state index is 13.2. The standard InChI is InChI=1S/C22H28O3S/c1-3-5-15-22(4-2)16-26(24,25)19-14-10-9-13-18(19)20(21(22)23)17-11-7-6-8-12-17/h6-14,20-21,23H,3-5,15-16H2,1-2H3/t20-,21?,22?/m1/s1. The van der Waals surface area contributed by atoms with Crippen LogP contribution < -0.4 is 0 Å². The van der Waals surface area contributed by atoms with Crippen molar-refractivity contribution in [2.75, 3.05) is 5.75 Å². The van der Waals surface area contributed by atoms with Crippen LogP contribution in [0.5, 0.6) is 0 Å². The molecule has 0 fully saturated rings. The molecule has 2 aromatic rings. The number of benzene rings is 2. The molecule has 4 heteroatoms. The van der Waals surface area contributed by atoms with Crippen molar-refractivity contribution >= 4 is 9.84 Å². The molecule has 26 heavy (non-hydrogen) atoms. The van der Waals surface area contributed by atoms with Gasteiger partial charge in [0.1, 0.15) is 0 Å². The maximum atomic E-state index is 13.2. The predicted molar refractivity (Wildman–Crippen MR) is 105 cm³/mol. The van der Waals surface area contributed by atoms with Crippen molar-refractivity contribution in [3.63, 3.8) is 0 Å². The largest absolute Gasteiger partial charge is 0.392 e. The highest BCUT2D eigenvalue weighted by atomic mass is 32.2. The van der Waals surface area contributed by atoms with Crippen molar-refractivity contribution in [1.82, 2.24) is 0 Å². The Morgan fingerprint density at radius 3 is 2.35 bits per heavy atom. The molecular formula is C22H28O3S. The summed E-state index contributed by atoms with van der Waals surface area (Å²) in [5, 5.41) is 11.6. The Balaban J connectivity index is 2.25. The Kier molecular flexibility index (Phi) is 5.54. The van der Waals surface area contributed by atoms with Crippen molar-refractivity contribution in [1.29, 1.82) is 0 Å². The fourth-order valence-electron chi connectivity index (χ4n) is 4.34. The molecule has 0 amide bonds. The van der Waals surface area contributed by atoms with Gasteiger partial charge in [0.2, 0.25) is 0 Å². The second-order valence-electron chi connectivity index (χ2n) is 7.45. The first-order valence-electron chi connectivity index (χ1n) is 9.50. The van der Waals surface area contributed by atoms with Gasteiger partial charge in [-0.2, -0.15) is 0 Å². The first kappa shape index (κ1) is 19.1. The molecule has 2 unspecified atom stereocenters. The van der Waals surface area contributed by atoms with Crippen LogP contribution in [0, 0.1) is 5.41 Å². The highest BCUT2D eigenvalue weighted by Gasteiger charge is 2.48. The molecular weight excluding hydrogens is 344 g/mol. The van der Waals surface area contributed by atoms with E-state index in [4.69, 9.17) is 0 Å². The molecule has 2 aromatic carbocycles. The van der Waals surface area contributed by atoms with Crippen LogP contribution in [0.25, 0.3) is 0 Å². The predicted octanol–water partition coefficient (Wildman–Crippen LogP) is 4.55. The van der Waals surface area contributed by atoms with E-state index in [1.807, 2.05) is 49.4 Å². The van der Waals surface area contributed by atoms with Crippen LogP contribution in [0.3, 0.4) is 0 Å². The molecule has 0 bridgehead atoms. The summed E-state index contributed by atoms with van der Waals surface area (Å²) in [5.41, 5.74) is 1.06. The van der Waals surface area contributed by atoms with Crippen LogP contribution in [-0.4, -0.2) is 25.4 Å². The molecule has 3 nitrogen and oxygen atoms in total. The van der Waals surface area contributed by atoms with Crippen molar-refractivity contribution in [2.45, 2.75) is 56.4 Å². The third-order valence-electron chi connectivity index (χ3n) is 5.90. The fourth-order valence-corrected chi connectivity index (χ4v) is 6.62. The second-order valence-corrected chi connectivity index (χ2v) is 9.41. The number of unbranched alkanes of at least 4 members (excludes halogenated alkanes) is 1. The van der Waals surface area contributed by atoms with Crippen LogP contribution in [0.4, 0.5) is 0 Å². The first-order chi connectivity index (χ1) is 12.4. The van der Waals surface area contributed by atoms with Gasteiger partial charge < -0.3 is 5.11 Å². The molecule has 140 valence electrons. The minimum atomic E-state index is -3.46. The van der Waals surface area contributed by atoms with E-state index in [1.54, 1.807) is 12.1 Å². The van der Waals surface area contributed by atoms with Crippen LogP contribution in [0.15, 0.2) is 59.5 Å². The number of sulfone groups is 1. The van der Waals surface area contributed by atoms with Crippen molar-refractivity contribution in [2.24, 2.45) is 5.41 Å². The summed E-state index contributed by atoms with van der Waals surface area (Å²) in [6, 6.07) is 17.0. The lowest BCUT2D eigenvalue weighted by atomic mass is 9.69. The van der Waals surface area contributed by atoms with Gasteiger partial charge >= 0.3 is 0 Å². The molecule has 0 radical (unpaired) electrons. The zero-order chi connectivity index (χ0) is 18.8. The van der Waals surface area contributed by atoms with Crippen LogP contribution in [0.2, 0.25) is 0 Å². The molecule has 0 saturated heterocycles. The summed E-state index contributed by atoms with van der Waals surface area (Å²) in [6.07, 6.45) is 2.53. The minimum absolute atomic E-state index is 0.0119. The van der Waals surface area contributed by atoms with Gasteiger partial charge in [-0.1, -0.05) is 75.2 Å². The summed E-state index contributed by atoms with van der Waals surface area (Å²) in [7, 11) is -3.46. The highest BCUT2D eigenvalue weighted by Crippen LogP contribution is 2.48. The van der Waals surface area contributed by atoms with E-state index in [9.17, 15) is 13.5 Å². The summed E-state index contributed by atoms with van der Waals surface area (Å²) in [6.45, 7) is 4.11. The lowest BCUT2D eigenvalue weighted by Crippen LogP contribution is -2.42. The van der Waals surface area contributed by atoms with Gasteiger partial charge in [-0.15, -0.1) is 0 Å². The average molecular weight is 373 g/mol. The summed E-state index contributed by atoms with van der Waals surface area (Å²) in [4.78, 5) is 0.375. The zero-order valence-electron chi connectivity index (χ0n) is 15.6. The smallest absolute Gasteiger partial charge is 0.179 e. The third-order valence-corrected chi connectivity index (χ3v) is 7.90. The second kappa shape index (κ2) is 7.53. The normalized spacial score (nSPS) is 27.5. The summed E-state index contributed by atoms with van der Waals surface area (Å²) in [5.74, 6) is -0.320. The Morgan fingerprint density at radius 1 is 1.04 bits per heavy atom. The van der Waals surface area contributed by atoms with E-state index < -0.39 is 21.4 Å². The van der Waals surface area contributed by atoms with E-state index in [2.05, 4.69) is 6.92 Å². The van der Waals surface area contributed by atoms with E-state index in [0.717, 1.165) is 30.4 Å². The van der Waals surface area contributed by atoms with Crippen molar-refractivity contribution in [3.05, 3.63) is 65.7 Å². The molecule has 1 aliphatic rings. The molecule has 1 N–H and O–H groups in total. The highest BCUT2D eigenvalue weighted by molar-refractivity contribution is 7.91. The van der Waals surface area contributed by atoms with Gasteiger partial charge in [-0.05, 0) is 30.0 Å². The van der Waals surface area contributed by atoms with Gasteiger partial charge in [0, 0.05) is 11.3 Å². The number of hydrogen-bond acceptors (Lipinski definition) is 3. The molecule has 1 heterocycles. The lowest BCUT2D eigenvalue weighted by Gasteiger charge is -2.39. The number of fused-ring (bicyclic) bond motifs is 1. The number of hydrogen-bond donors (Lipinski definition) is 1. The lowest BCUT2D eigenvalue weighted by molar-refractivity contribution is 0.0174. The fraction of sp³-hybridized carbons (Fsp3) is 0.455. The van der Waals surface area contributed by atoms with E-state index in [-0.39, 0.29) is 11.7 Å². The van der Waals surface area contributed by atoms with E-state index >= 15 is 0 Å². The average Bonchev–Trinajstić information content (AvgIpc) is 2.73. The molecule has 0 spiro atoms. The number of aliphatic hydroxyl groups excluding tert-OH is 1. The van der Waals surface area contributed by atoms with Crippen molar-refractivity contribution in [3.8, 4) is 0 Å². The van der Waals surface area contributed by atoms with Crippen LogP contribution >= 0.6 is 0 Å². The van der Waals surface area contributed by atoms with Gasteiger partial charge in [-0.25, -0.2) is 8.42 Å². The quantitative estimate of drug-likeness (QED) is 0.837. The van der Waals surface area contributed by atoms with Crippen LogP contribution in [-0.2, 0) is 9.84 Å². The van der Waals surface area contributed by atoms with E-state index in [0.29, 0.717) is 11.3 Å². The Hall–Kier alpha value is -1.65. The SMILES string of the molecule is CCCCC1(CC)CS(=O)(=O)c2ccccc2[C@@H](c2ccccc2)C1O. The first-order valence-corrected chi connectivity index (χ1v) is 11.1. The van der Waals surface area contributed by atoms with Gasteiger partial charge in [0.05, 0.1) is 16.8 Å². The Bertz CT molecular complexity index is 845. The van der Waals surface area contributed by atoms with Crippen molar-refractivity contribution < 1.29 is 13.5 Å². The van der Waals surface area contributed by atoms with E-state index in [1.165, 1.54) is 0 Å². The summed E-state index contributed by atoms with van der Waals surface area (Å²) < 4.78 is 26.5. The zero-order valence-corrected chi connectivity index (χ0v) is 16.4. The number of rotatable bonds is 5. The molecule has 0 aliphatic carbocycles. The van der Waals surface area contributed by atoms with Gasteiger partial charge in [0.15, 0.2) is 9.84 Å². The Morgan fingerprint density at radius 2 is 1.69 bits per heavy atom. The minimum Gasteiger partial charge on any atom is -0.392 e. The molecule has 1 aliphatic heterocycles. The maximum Gasteiger partial charge on any atom is 0.179 e.